The Kier molecular flexibility index (Phi) is 4.54. The van der Waals surface area contributed by atoms with Gasteiger partial charge in [-0.25, -0.2) is 0 Å². The fraction of sp³-hybridized carbons (Fsp3) is 0.200. The second-order valence-electron chi connectivity index (χ2n) is 4.46. The summed E-state index contributed by atoms with van der Waals surface area (Å²) in [5.41, 5.74) is 2.00. The first-order chi connectivity index (χ1) is 9.50. The average molecular weight is 292 g/mol. The summed E-state index contributed by atoms with van der Waals surface area (Å²) in [6.07, 6.45) is 0.538. The summed E-state index contributed by atoms with van der Waals surface area (Å²) in [6.45, 7) is 0. The number of ether oxygens (including phenoxy) is 1. The second-order valence-corrected chi connectivity index (χ2v) is 5.88. The van der Waals surface area contributed by atoms with Crippen molar-refractivity contribution in [3.8, 4) is 0 Å². The van der Waals surface area contributed by atoms with Crippen LogP contribution < -0.4 is 0 Å². The number of methoxy groups -OCH3 is 1. The Balaban J connectivity index is 2.20. The second kappa shape index (κ2) is 6.17. The molecule has 0 spiro atoms. The Labute approximate surface area is 118 Å². The van der Waals surface area contributed by atoms with Crippen molar-refractivity contribution in [2.75, 3.05) is 7.11 Å². The molecule has 2 aromatic rings. The standard InChI is InChI=1S/C15H16O4S/c1-19-15(11-12-5-3-2-4-6-12)13-7-9-14(10-8-13)20(16,17)18/h2-10,15H,11H2,1H3,(H,16,17,18). The first kappa shape index (κ1) is 14.7. The number of hydrogen-bond donors (Lipinski definition) is 1. The molecular weight excluding hydrogens is 276 g/mol. The molecule has 0 radical (unpaired) electrons. The van der Waals surface area contributed by atoms with Crippen molar-refractivity contribution >= 4 is 10.1 Å². The van der Waals surface area contributed by atoms with Gasteiger partial charge in [-0.05, 0) is 23.3 Å². The Morgan fingerprint density at radius 3 is 2.15 bits per heavy atom. The molecule has 0 amide bonds. The lowest BCUT2D eigenvalue weighted by Gasteiger charge is -2.16. The molecule has 20 heavy (non-hydrogen) atoms. The number of hydrogen-bond acceptors (Lipinski definition) is 3. The Hall–Kier alpha value is -1.69. The zero-order valence-electron chi connectivity index (χ0n) is 11.1. The molecule has 0 aromatic heterocycles. The molecule has 0 aliphatic heterocycles. The summed E-state index contributed by atoms with van der Waals surface area (Å²) in [6, 6.07) is 16.0. The van der Waals surface area contributed by atoms with Gasteiger partial charge in [0.1, 0.15) is 0 Å². The third-order valence-electron chi connectivity index (χ3n) is 3.10. The first-order valence-corrected chi connectivity index (χ1v) is 7.59. The highest BCUT2D eigenvalue weighted by atomic mass is 32.2. The van der Waals surface area contributed by atoms with Gasteiger partial charge in [-0.1, -0.05) is 42.5 Å². The van der Waals surface area contributed by atoms with Gasteiger partial charge in [-0.3, -0.25) is 4.55 Å². The minimum atomic E-state index is -4.15. The molecule has 2 rings (SSSR count). The molecule has 0 aliphatic carbocycles. The van der Waals surface area contributed by atoms with Crippen LogP contribution in [-0.2, 0) is 21.3 Å². The highest BCUT2D eigenvalue weighted by Gasteiger charge is 2.14. The maximum atomic E-state index is 11.0. The van der Waals surface area contributed by atoms with E-state index in [9.17, 15) is 8.42 Å². The predicted molar refractivity (Wildman–Crippen MR) is 76.2 cm³/mol. The minimum Gasteiger partial charge on any atom is -0.376 e. The molecule has 0 fully saturated rings. The monoisotopic (exact) mass is 292 g/mol. The van der Waals surface area contributed by atoms with E-state index < -0.39 is 10.1 Å². The molecule has 4 nitrogen and oxygen atoms in total. The summed E-state index contributed by atoms with van der Waals surface area (Å²) in [5, 5.41) is 0. The minimum absolute atomic E-state index is 0.115. The molecule has 1 N–H and O–H groups in total. The van der Waals surface area contributed by atoms with Gasteiger partial charge in [0, 0.05) is 13.5 Å². The first-order valence-electron chi connectivity index (χ1n) is 6.15. The predicted octanol–water partition coefficient (Wildman–Crippen LogP) is 2.86. The van der Waals surface area contributed by atoms with Gasteiger partial charge in [0.15, 0.2) is 0 Å². The molecule has 0 bridgehead atoms. The van der Waals surface area contributed by atoms with Crippen LogP contribution in [0.3, 0.4) is 0 Å². The third-order valence-corrected chi connectivity index (χ3v) is 3.97. The zero-order chi connectivity index (χ0) is 14.6. The quantitative estimate of drug-likeness (QED) is 0.861. The molecule has 0 saturated carbocycles. The van der Waals surface area contributed by atoms with Crippen molar-refractivity contribution in [3.63, 3.8) is 0 Å². The van der Waals surface area contributed by atoms with E-state index in [4.69, 9.17) is 9.29 Å². The number of rotatable bonds is 5. The summed E-state index contributed by atoms with van der Waals surface area (Å²) in [5.74, 6) is 0. The van der Waals surface area contributed by atoms with E-state index in [2.05, 4.69) is 0 Å². The zero-order valence-corrected chi connectivity index (χ0v) is 11.9. The van der Waals surface area contributed by atoms with Crippen molar-refractivity contribution in [2.24, 2.45) is 0 Å². The van der Waals surface area contributed by atoms with Crippen molar-refractivity contribution in [2.45, 2.75) is 17.4 Å². The van der Waals surface area contributed by atoms with Crippen molar-refractivity contribution in [1.29, 1.82) is 0 Å². The highest BCUT2D eigenvalue weighted by Crippen LogP contribution is 2.23. The normalized spacial score (nSPS) is 13.1. The fourth-order valence-electron chi connectivity index (χ4n) is 2.02. The van der Waals surface area contributed by atoms with Gasteiger partial charge in [-0.15, -0.1) is 0 Å². The topological polar surface area (TPSA) is 63.6 Å². The van der Waals surface area contributed by atoms with Crippen molar-refractivity contribution in [3.05, 3.63) is 65.7 Å². The summed E-state index contributed by atoms with van der Waals surface area (Å²) >= 11 is 0. The van der Waals surface area contributed by atoms with E-state index >= 15 is 0 Å². The van der Waals surface area contributed by atoms with E-state index in [0.29, 0.717) is 6.42 Å². The van der Waals surface area contributed by atoms with Crippen molar-refractivity contribution < 1.29 is 17.7 Å². The molecule has 0 aliphatic rings. The largest absolute Gasteiger partial charge is 0.376 e. The summed E-state index contributed by atoms with van der Waals surface area (Å²) < 4.78 is 36.4. The van der Waals surface area contributed by atoms with Crippen LogP contribution in [0.1, 0.15) is 17.2 Å². The van der Waals surface area contributed by atoms with Crippen LogP contribution in [0.5, 0.6) is 0 Å². The van der Waals surface area contributed by atoms with E-state index in [-0.39, 0.29) is 11.0 Å². The van der Waals surface area contributed by atoms with Crippen LogP contribution in [0.25, 0.3) is 0 Å². The number of benzene rings is 2. The molecule has 0 heterocycles. The molecule has 1 unspecified atom stereocenters. The Morgan fingerprint density at radius 1 is 1.05 bits per heavy atom. The smallest absolute Gasteiger partial charge is 0.294 e. The van der Waals surface area contributed by atoms with Crippen LogP contribution in [0, 0.1) is 0 Å². The fourth-order valence-corrected chi connectivity index (χ4v) is 2.50. The van der Waals surface area contributed by atoms with Crippen LogP contribution in [0.2, 0.25) is 0 Å². The van der Waals surface area contributed by atoms with Crippen LogP contribution >= 0.6 is 0 Å². The Bertz CT molecular complexity index is 648. The lowest BCUT2D eigenvalue weighted by Crippen LogP contribution is -2.06. The maximum Gasteiger partial charge on any atom is 0.294 e. The lowest BCUT2D eigenvalue weighted by molar-refractivity contribution is 0.103. The van der Waals surface area contributed by atoms with E-state index in [0.717, 1.165) is 11.1 Å². The molecule has 5 heteroatoms. The van der Waals surface area contributed by atoms with Gasteiger partial charge in [0.05, 0.1) is 11.0 Å². The highest BCUT2D eigenvalue weighted by molar-refractivity contribution is 7.85. The van der Waals surface area contributed by atoms with Gasteiger partial charge in [0.2, 0.25) is 0 Å². The van der Waals surface area contributed by atoms with E-state index in [1.165, 1.54) is 12.1 Å². The third kappa shape index (κ3) is 3.66. The molecule has 0 saturated heterocycles. The van der Waals surface area contributed by atoms with Gasteiger partial charge in [0.25, 0.3) is 10.1 Å². The molecule has 2 aromatic carbocycles. The summed E-state index contributed by atoms with van der Waals surface area (Å²) in [4.78, 5) is -0.115. The van der Waals surface area contributed by atoms with Gasteiger partial charge >= 0.3 is 0 Å². The molecular formula is C15H16O4S. The van der Waals surface area contributed by atoms with E-state index in [1.807, 2.05) is 30.3 Å². The molecule has 106 valence electrons. The van der Waals surface area contributed by atoms with Crippen LogP contribution in [0.4, 0.5) is 0 Å². The maximum absolute atomic E-state index is 11.0. The van der Waals surface area contributed by atoms with Crippen LogP contribution in [-0.4, -0.2) is 20.1 Å². The Morgan fingerprint density at radius 2 is 1.65 bits per heavy atom. The van der Waals surface area contributed by atoms with Gasteiger partial charge < -0.3 is 4.74 Å². The average Bonchev–Trinajstić information content (AvgIpc) is 2.45. The van der Waals surface area contributed by atoms with E-state index in [1.54, 1.807) is 19.2 Å². The van der Waals surface area contributed by atoms with Gasteiger partial charge in [-0.2, -0.15) is 8.42 Å². The lowest BCUT2D eigenvalue weighted by atomic mass is 10.0. The molecule has 1 atom stereocenters. The SMILES string of the molecule is COC(Cc1ccccc1)c1ccc(S(=O)(=O)O)cc1. The van der Waals surface area contributed by atoms with Crippen molar-refractivity contribution in [1.82, 2.24) is 0 Å². The van der Waals surface area contributed by atoms with Crippen LogP contribution in [0.15, 0.2) is 59.5 Å². The summed E-state index contributed by atoms with van der Waals surface area (Å²) in [7, 11) is -2.54.